The Morgan fingerprint density at radius 2 is 1.67 bits per heavy atom. The van der Waals surface area contributed by atoms with Crippen molar-refractivity contribution in [1.29, 1.82) is 0 Å². The molecule has 0 heterocycles. The van der Waals surface area contributed by atoms with Crippen LogP contribution in [0.4, 0.5) is 17.6 Å². The number of halogens is 6. The van der Waals surface area contributed by atoms with Gasteiger partial charge in [-0.25, -0.2) is 4.39 Å². The zero-order chi connectivity index (χ0) is 15.6. The SMILES string of the molecule is Fc1ccc(Oc2ccc(CBr)c(C(F)(F)F)c2)cc1Cl. The normalized spacial score (nSPS) is 11.5. The van der Waals surface area contributed by atoms with Crippen molar-refractivity contribution in [2.45, 2.75) is 11.5 Å². The molecule has 0 amide bonds. The molecule has 0 saturated heterocycles. The molecule has 0 aliphatic carbocycles. The van der Waals surface area contributed by atoms with E-state index in [1.165, 1.54) is 24.3 Å². The van der Waals surface area contributed by atoms with Gasteiger partial charge in [0.1, 0.15) is 17.3 Å². The molecule has 0 N–H and O–H groups in total. The van der Waals surface area contributed by atoms with Gasteiger partial charge in [-0.3, -0.25) is 0 Å². The first-order valence-electron chi connectivity index (χ1n) is 5.70. The second-order valence-corrected chi connectivity index (χ2v) is 5.10. The van der Waals surface area contributed by atoms with Crippen LogP contribution in [0.5, 0.6) is 11.5 Å². The second kappa shape index (κ2) is 6.23. The van der Waals surface area contributed by atoms with Crippen molar-refractivity contribution >= 4 is 27.5 Å². The van der Waals surface area contributed by atoms with E-state index < -0.39 is 17.6 Å². The number of ether oxygens (including phenoxy) is 1. The molecule has 0 aliphatic rings. The van der Waals surface area contributed by atoms with E-state index in [2.05, 4.69) is 15.9 Å². The van der Waals surface area contributed by atoms with Crippen LogP contribution in [0, 0.1) is 5.82 Å². The number of alkyl halides is 4. The maximum Gasteiger partial charge on any atom is 0.416 e. The van der Waals surface area contributed by atoms with Crippen molar-refractivity contribution in [3.05, 3.63) is 58.4 Å². The van der Waals surface area contributed by atoms with E-state index in [4.69, 9.17) is 16.3 Å². The molecule has 1 nitrogen and oxygen atoms in total. The van der Waals surface area contributed by atoms with Crippen LogP contribution < -0.4 is 4.74 Å². The molecule has 0 aromatic heterocycles. The fourth-order valence-corrected chi connectivity index (χ4v) is 2.34. The molecule has 2 aromatic carbocycles. The first kappa shape index (κ1) is 16.1. The average Bonchev–Trinajstić information content (AvgIpc) is 2.42. The van der Waals surface area contributed by atoms with Crippen molar-refractivity contribution < 1.29 is 22.3 Å². The van der Waals surface area contributed by atoms with Crippen LogP contribution in [0.15, 0.2) is 36.4 Å². The first-order valence-corrected chi connectivity index (χ1v) is 7.20. The summed E-state index contributed by atoms with van der Waals surface area (Å²) in [5, 5.41) is -0.0922. The topological polar surface area (TPSA) is 9.23 Å². The highest BCUT2D eigenvalue weighted by Crippen LogP contribution is 2.36. The van der Waals surface area contributed by atoms with E-state index in [1.54, 1.807) is 0 Å². The van der Waals surface area contributed by atoms with Crippen LogP contribution in [-0.2, 0) is 11.5 Å². The molecule has 0 aliphatic heterocycles. The minimum absolute atomic E-state index is 0.00491. The monoisotopic (exact) mass is 382 g/mol. The summed E-state index contributed by atoms with van der Waals surface area (Å²) < 4.78 is 57.1. The molecule has 0 unspecified atom stereocenters. The summed E-state index contributed by atoms with van der Waals surface area (Å²) in [7, 11) is 0. The number of hydrogen-bond acceptors (Lipinski definition) is 1. The molecule has 112 valence electrons. The Kier molecular flexibility index (Phi) is 4.78. The molecule has 2 rings (SSSR count). The zero-order valence-electron chi connectivity index (χ0n) is 10.3. The Hall–Kier alpha value is -1.27. The van der Waals surface area contributed by atoms with E-state index >= 15 is 0 Å². The lowest BCUT2D eigenvalue weighted by Gasteiger charge is -2.14. The van der Waals surface area contributed by atoms with Crippen LogP contribution in [0.2, 0.25) is 5.02 Å². The average molecular weight is 384 g/mol. The fourth-order valence-electron chi connectivity index (χ4n) is 1.68. The summed E-state index contributed by atoms with van der Waals surface area (Å²) in [6.07, 6.45) is -4.48. The smallest absolute Gasteiger partial charge is 0.416 e. The number of benzene rings is 2. The highest BCUT2D eigenvalue weighted by molar-refractivity contribution is 9.08. The van der Waals surface area contributed by atoms with Crippen LogP contribution in [0.3, 0.4) is 0 Å². The minimum atomic E-state index is -4.48. The van der Waals surface area contributed by atoms with Crippen molar-refractivity contribution in [1.82, 2.24) is 0 Å². The van der Waals surface area contributed by atoms with Crippen molar-refractivity contribution in [2.75, 3.05) is 0 Å². The highest BCUT2D eigenvalue weighted by atomic mass is 79.9. The van der Waals surface area contributed by atoms with Crippen LogP contribution in [0.1, 0.15) is 11.1 Å². The van der Waals surface area contributed by atoms with Crippen molar-refractivity contribution in [3.8, 4) is 11.5 Å². The molecule has 0 saturated carbocycles. The molecular weight excluding hydrogens is 376 g/mol. The minimum Gasteiger partial charge on any atom is -0.457 e. The van der Waals surface area contributed by atoms with Crippen LogP contribution in [0.25, 0.3) is 0 Å². The lowest BCUT2D eigenvalue weighted by molar-refractivity contribution is -0.138. The molecule has 7 heteroatoms. The third-order valence-electron chi connectivity index (χ3n) is 2.66. The summed E-state index contributed by atoms with van der Waals surface area (Å²) >= 11 is 8.60. The highest BCUT2D eigenvalue weighted by Gasteiger charge is 2.33. The quantitative estimate of drug-likeness (QED) is 0.454. The van der Waals surface area contributed by atoms with E-state index in [-0.39, 0.29) is 27.4 Å². The van der Waals surface area contributed by atoms with Gasteiger partial charge in [-0.05, 0) is 29.8 Å². The van der Waals surface area contributed by atoms with E-state index in [9.17, 15) is 17.6 Å². The largest absolute Gasteiger partial charge is 0.457 e. The van der Waals surface area contributed by atoms with E-state index in [0.717, 1.165) is 12.1 Å². The fraction of sp³-hybridized carbons (Fsp3) is 0.143. The Morgan fingerprint density at radius 3 is 2.24 bits per heavy atom. The molecule has 0 bridgehead atoms. The predicted octanol–water partition coefficient (Wildman–Crippen LogP) is 6.19. The standard InChI is InChI=1S/C14H8BrClF4O/c15-7-8-1-2-9(5-11(8)14(18,19)20)21-10-3-4-13(17)12(16)6-10/h1-6H,7H2. The van der Waals surface area contributed by atoms with Gasteiger partial charge in [0.2, 0.25) is 0 Å². The molecule has 0 radical (unpaired) electrons. The van der Waals surface area contributed by atoms with Gasteiger partial charge in [-0.1, -0.05) is 33.6 Å². The van der Waals surface area contributed by atoms with Gasteiger partial charge in [-0.2, -0.15) is 13.2 Å². The van der Waals surface area contributed by atoms with E-state index in [0.29, 0.717) is 0 Å². The maximum atomic E-state index is 13.0. The number of rotatable bonds is 3. The summed E-state index contributed by atoms with van der Waals surface area (Å²) in [5.41, 5.74) is -0.683. The lowest BCUT2D eigenvalue weighted by Crippen LogP contribution is -2.08. The summed E-state index contributed by atoms with van der Waals surface area (Å²) in [6.45, 7) is 0. The van der Waals surface area contributed by atoms with E-state index in [1.807, 2.05) is 0 Å². The molecule has 0 fully saturated rings. The Balaban J connectivity index is 2.34. The number of hydrogen-bond donors (Lipinski definition) is 0. The van der Waals surface area contributed by atoms with Gasteiger partial charge in [0.15, 0.2) is 0 Å². The van der Waals surface area contributed by atoms with Crippen molar-refractivity contribution in [3.63, 3.8) is 0 Å². The Bertz CT molecular complexity index is 658. The van der Waals surface area contributed by atoms with Gasteiger partial charge in [-0.15, -0.1) is 0 Å². The third-order valence-corrected chi connectivity index (χ3v) is 3.55. The van der Waals surface area contributed by atoms with Crippen molar-refractivity contribution in [2.24, 2.45) is 0 Å². The first-order chi connectivity index (χ1) is 9.81. The van der Waals surface area contributed by atoms with Gasteiger partial charge in [0.25, 0.3) is 0 Å². The maximum absolute atomic E-state index is 13.0. The molecule has 2 aromatic rings. The predicted molar refractivity (Wildman–Crippen MR) is 75.6 cm³/mol. The summed E-state index contributed by atoms with van der Waals surface area (Å²) in [6, 6.07) is 7.18. The molecule has 21 heavy (non-hydrogen) atoms. The molecule has 0 spiro atoms. The van der Waals surface area contributed by atoms with Crippen LogP contribution >= 0.6 is 27.5 Å². The second-order valence-electron chi connectivity index (χ2n) is 4.13. The zero-order valence-corrected chi connectivity index (χ0v) is 12.7. The Labute approximate surface area is 131 Å². The Morgan fingerprint density at radius 1 is 1.05 bits per heavy atom. The summed E-state index contributed by atoms with van der Waals surface area (Å²) in [5.74, 6) is -0.481. The van der Waals surface area contributed by atoms with Gasteiger partial charge in [0.05, 0.1) is 10.6 Å². The lowest BCUT2D eigenvalue weighted by atomic mass is 10.1. The van der Waals surface area contributed by atoms with Gasteiger partial charge in [0, 0.05) is 11.4 Å². The third kappa shape index (κ3) is 3.89. The van der Waals surface area contributed by atoms with Gasteiger partial charge < -0.3 is 4.74 Å². The van der Waals surface area contributed by atoms with Gasteiger partial charge >= 0.3 is 6.18 Å². The summed E-state index contributed by atoms with van der Waals surface area (Å²) in [4.78, 5) is 0. The van der Waals surface area contributed by atoms with Crippen LogP contribution in [-0.4, -0.2) is 0 Å². The molecule has 0 atom stereocenters. The molecular formula is C14H8BrClF4O.